The highest BCUT2D eigenvalue weighted by molar-refractivity contribution is 5.74. The Morgan fingerprint density at radius 2 is 1.95 bits per heavy atom. The lowest BCUT2D eigenvalue weighted by Crippen LogP contribution is -2.47. The second-order valence-electron chi connectivity index (χ2n) is 6.93. The van der Waals surface area contributed by atoms with Crippen LogP contribution in [0.5, 0.6) is 0 Å². The summed E-state index contributed by atoms with van der Waals surface area (Å²) in [5.41, 5.74) is 0. The molecule has 1 aromatic rings. The fourth-order valence-corrected chi connectivity index (χ4v) is 4.08. The minimum atomic E-state index is 0.213. The normalized spacial score (nSPS) is 29.4. The Morgan fingerprint density at radius 3 is 2.73 bits per heavy atom. The predicted octanol–water partition coefficient (Wildman–Crippen LogP) is 1.92. The van der Waals surface area contributed by atoms with Crippen molar-refractivity contribution >= 4 is 5.91 Å². The van der Waals surface area contributed by atoms with Crippen LogP contribution in [-0.4, -0.2) is 51.0 Å². The first-order chi connectivity index (χ1) is 10.7. The summed E-state index contributed by atoms with van der Waals surface area (Å²) in [5.74, 6) is 2.35. The van der Waals surface area contributed by atoms with E-state index < -0.39 is 0 Å². The molecule has 3 heterocycles. The summed E-state index contributed by atoms with van der Waals surface area (Å²) in [6.45, 7) is 4.43. The van der Waals surface area contributed by atoms with Crippen molar-refractivity contribution in [2.45, 2.75) is 70.0 Å². The van der Waals surface area contributed by atoms with Gasteiger partial charge in [0.2, 0.25) is 11.8 Å². The highest BCUT2D eigenvalue weighted by Gasteiger charge is 2.39. The van der Waals surface area contributed by atoms with Crippen molar-refractivity contribution in [1.29, 1.82) is 0 Å². The molecule has 1 amide bonds. The van der Waals surface area contributed by atoms with E-state index in [2.05, 4.69) is 19.9 Å². The zero-order chi connectivity index (χ0) is 15.1. The molecule has 1 aromatic heterocycles. The summed E-state index contributed by atoms with van der Waals surface area (Å²) >= 11 is 0. The Hall–Kier alpha value is -1.43. The molecule has 22 heavy (non-hydrogen) atoms. The van der Waals surface area contributed by atoms with E-state index in [0.717, 1.165) is 44.2 Å². The number of nitrogens with zero attached hydrogens (tertiary/aromatic N) is 4. The van der Waals surface area contributed by atoms with Crippen LogP contribution >= 0.6 is 0 Å². The largest absolute Gasteiger partial charge is 0.339 e. The molecule has 6 nitrogen and oxygen atoms in total. The van der Waals surface area contributed by atoms with E-state index in [1.165, 1.54) is 25.7 Å². The van der Waals surface area contributed by atoms with Crippen molar-refractivity contribution in [2.24, 2.45) is 0 Å². The molecule has 0 bridgehead atoms. The van der Waals surface area contributed by atoms with Gasteiger partial charge in [-0.15, -0.1) is 0 Å². The van der Waals surface area contributed by atoms with E-state index in [-0.39, 0.29) is 5.91 Å². The number of carbonyl (C=O) groups is 1. The lowest BCUT2D eigenvalue weighted by atomic mass is 10.0. The van der Waals surface area contributed by atoms with Crippen molar-refractivity contribution in [3.05, 3.63) is 11.7 Å². The van der Waals surface area contributed by atoms with Gasteiger partial charge in [0, 0.05) is 31.5 Å². The van der Waals surface area contributed by atoms with Crippen molar-refractivity contribution in [1.82, 2.24) is 19.9 Å². The van der Waals surface area contributed by atoms with Gasteiger partial charge in [-0.05, 0) is 45.1 Å². The Labute approximate surface area is 130 Å². The molecule has 6 heteroatoms. The molecular formula is C16H24N4O2. The predicted molar refractivity (Wildman–Crippen MR) is 80.1 cm³/mol. The van der Waals surface area contributed by atoms with E-state index >= 15 is 0 Å². The van der Waals surface area contributed by atoms with E-state index in [1.807, 2.05) is 0 Å². The van der Waals surface area contributed by atoms with Crippen LogP contribution < -0.4 is 0 Å². The van der Waals surface area contributed by atoms with Crippen LogP contribution in [0.1, 0.15) is 63.1 Å². The molecule has 1 aliphatic carbocycles. The molecule has 1 saturated carbocycles. The maximum atomic E-state index is 11.8. The molecule has 0 N–H and O–H groups in total. The summed E-state index contributed by atoms with van der Waals surface area (Å²) in [5, 5.41) is 4.15. The van der Waals surface area contributed by atoms with E-state index in [1.54, 1.807) is 6.92 Å². The molecule has 0 unspecified atom stereocenters. The van der Waals surface area contributed by atoms with Crippen molar-refractivity contribution in [2.75, 3.05) is 13.1 Å². The van der Waals surface area contributed by atoms with Crippen LogP contribution in [0.4, 0.5) is 0 Å². The molecule has 2 atom stereocenters. The van der Waals surface area contributed by atoms with Crippen LogP contribution in [0.3, 0.4) is 0 Å². The first-order valence-corrected chi connectivity index (χ1v) is 8.56. The van der Waals surface area contributed by atoms with Gasteiger partial charge in [0.15, 0.2) is 5.82 Å². The quantitative estimate of drug-likeness (QED) is 0.850. The van der Waals surface area contributed by atoms with Gasteiger partial charge >= 0.3 is 0 Å². The van der Waals surface area contributed by atoms with Gasteiger partial charge in [-0.3, -0.25) is 9.69 Å². The average molecular weight is 304 g/mol. The molecule has 4 rings (SSSR count). The Morgan fingerprint density at radius 1 is 1.18 bits per heavy atom. The smallest absolute Gasteiger partial charge is 0.229 e. The number of aromatic nitrogens is 2. The van der Waals surface area contributed by atoms with Gasteiger partial charge in [0.25, 0.3) is 0 Å². The van der Waals surface area contributed by atoms with Crippen LogP contribution in [0.25, 0.3) is 0 Å². The van der Waals surface area contributed by atoms with Crippen molar-refractivity contribution < 1.29 is 9.32 Å². The molecule has 0 aromatic carbocycles. The van der Waals surface area contributed by atoms with Crippen molar-refractivity contribution in [3.8, 4) is 0 Å². The van der Waals surface area contributed by atoms with Gasteiger partial charge in [-0.2, -0.15) is 4.98 Å². The van der Waals surface area contributed by atoms with E-state index in [4.69, 9.17) is 4.52 Å². The topological polar surface area (TPSA) is 62.5 Å². The Bertz CT molecular complexity index is 554. The van der Waals surface area contributed by atoms with Crippen LogP contribution in [0, 0.1) is 0 Å². The first-order valence-electron chi connectivity index (χ1n) is 8.56. The number of hydrogen-bond acceptors (Lipinski definition) is 5. The molecule has 120 valence electrons. The average Bonchev–Trinajstić information content (AvgIpc) is 2.94. The summed E-state index contributed by atoms with van der Waals surface area (Å²) in [6.07, 6.45) is 6.98. The SMILES string of the molecule is CC(=O)N1CCC[C@H]1[C@H]1CCCN1Cc1noc(C2CC2)n1. The molecule has 0 radical (unpaired) electrons. The Balaban J connectivity index is 1.44. The molecule has 3 fully saturated rings. The molecule has 3 aliphatic rings. The summed E-state index contributed by atoms with van der Waals surface area (Å²) in [7, 11) is 0. The maximum Gasteiger partial charge on any atom is 0.229 e. The third-order valence-electron chi connectivity index (χ3n) is 5.32. The fourth-order valence-electron chi connectivity index (χ4n) is 4.08. The first kappa shape index (κ1) is 14.2. The van der Waals surface area contributed by atoms with Gasteiger partial charge in [-0.1, -0.05) is 5.16 Å². The number of likely N-dealkylation sites (tertiary alicyclic amines) is 2. The minimum absolute atomic E-state index is 0.213. The molecule has 2 aliphatic heterocycles. The molecular weight excluding hydrogens is 280 g/mol. The number of carbonyl (C=O) groups excluding carboxylic acids is 1. The second-order valence-corrected chi connectivity index (χ2v) is 6.93. The molecule has 0 spiro atoms. The zero-order valence-corrected chi connectivity index (χ0v) is 13.2. The van der Waals surface area contributed by atoms with Gasteiger partial charge in [0.1, 0.15) is 0 Å². The fraction of sp³-hybridized carbons (Fsp3) is 0.812. The van der Waals surface area contributed by atoms with Crippen LogP contribution in [0.15, 0.2) is 4.52 Å². The number of hydrogen-bond donors (Lipinski definition) is 0. The zero-order valence-electron chi connectivity index (χ0n) is 13.2. The van der Waals surface area contributed by atoms with Crippen LogP contribution in [0.2, 0.25) is 0 Å². The lowest BCUT2D eigenvalue weighted by molar-refractivity contribution is -0.130. The van der Waals surface area contributed by atoms with Crippen LogP contribution in [-0.2, 0) is 11.3 Å². The van der Waals surface area contributed by atoms with Gasteiger partial charge in [0.05, 0.1) is 6.54 Å². The number of rotatable bonds is 4. The van der Waals surface area contributed by atoms with Gasteiger partial charge < -0.3 is 9.42 Å². The summed E-state index contributed by atoms with van der Waals surface area (Å²) in [4.78, 5) is 20.9. The highest BCUT2D eigenvalue weighted by atomic mass is 16.5. The van der Waals surface area contributed by atoms with Gasteiger partial charge in [-0.25, -0.2) is 0 Å². The summed E-state index contributed by atoms with van der Waals surface area (Å²) in [6, 6.07) is 0.823. The highest BCUT2D eigenvalue weighted by Crippen LogP contribution is 2.39. The lowest BCUT2D eigenvalue weighted by Gasteiger charge is -2.34. The van der Waals surface area contributed by atoms with E-state index in [9.17, 15) is 4.79 Å². The standard InChI is InChI=1S/C16H24N4O2/c1-11(21)20-9-3-5-14(20)13-4-2-8-19(13)10-15-17-16(22-18-15)12-6-7-12/h12-14H,2-10H2,1H3/t13-,14+/m1/s1. The monoisotopic (exact) mass is 304 g/mol. The van der Waals surface area contributed by atoms with Crippen molar-refractivity contribution in [3.63, 3.8) is 0 Å². The second kappa shape index (κ2) is 5.65. The third-order valence-corrected chi connectivity index (χ3v) is 5.32. The number of amides is 1. The maximum absolute atomic E-state index is 11.8. The third kappa shape index (κ3) is 2.64. The van der Waals surface area contributed by atoms with E-state index in [0.29, 0.717) is 18.0 Å². The molecule has 2 saturated heterocycles. The Kier molecular flexibility index (Phi) is 3.64. The minimum Gasteiger partial charge on any atom is -0.339 e. The summed E-state index contributed by atoms with van der Waals surface area (Å²) < 4.78 is 5.37.